The number of rotatable bonds is 4. The number of amides is 2. The molecule has 0 radical (unpaired) electrons. The van der Waals surface area contributed by atoms with E-state index >= 15 is 0 Å². The molecule has 2 amide bonds. The van der Waals surface area contributed by atoms with Crippen molar-refractivity contribution in [2.75, 3.05) is 0 Å². The Labute approximate surface area is 135 Å². The van der Waals surface area contributed by atoms with Crippen LogP contribution in [0.25, 0.3) is 0 Å². The second-order valence-electron chi connectivity index (χ2n) is 5.27. The van der Waals surface area contributed by atoms with Crippen LogP contribution in [0, 0.1) is 0 Å². The normalized spacial score (nSPS) is 20.7. The molecule has 0 aromatic heterocycles. The fourth-order valence-electron chi connectivity index (χ4n) is 2.52. The molecule has 0 fully saturated rings. The summed E-state index contributed by atoms with van der Waals surface area (Å²) in [6.45, 7) is 5.06. The first kappa shape index (κ1) is 16.5. The number of unbranched alkanes of at least 4 members (excludes halogenated alkanes) is 1. The van der Waals surface area contributed by atoms with Crippen LogP contribution in [0.4, 0.5) is 0 Å². The van der Waals surface area contributed by atoms with E-state index in [4.69, 9.17) is 0 Å². The number of nitrogens with zero attached hydrogens (tertiary/aromatic N) is 2. The van der Waals surface area contributed by atoms with Crippen molar-refractivity contribution in [1.29, 1.82) is 0 Å². The van der Waals surface area contributed by atoms with E-state index in [1.165, 1.54) is 30.6 Å². The van der Waals surface area contributed by atoms with E-state index in [0.717, 1.165) is 24.8 Å². The molecule has 1 N–H and O–H groups in total. The van der Waals surface area contributed by atoms with E-state index in [1.54, 1.807) is 0 Å². The van der Waals surface area contributed by atoms with Crippen molar-refractivity contribution < 1.29 is 9.59 Å². The van der Waals surface area contributed by atoms with Crippen molar-refractivity contribution in [3.8, 4) is 0 Å². The molecule has 1 aliphatic heterocycles. The summed E-state index contributed by atoms with van der Waals surface area (Å²) in [6, 6.07) is 9.87. The fourth-order valence-corrected chi connectivity index (χ4v) is 3.91. The highest BCUT2D eigenvalue weighted by Crippen LogP contribution is 2.48. The molecule has 2 rings (SSSR count). The van der Waals surface area contributed by atoms with E-state index in [9.17, 15) is 9.59 Å². The van der Waals surface area contributed by atoms with Crippen LogP contribution < -0.4 is 5.32 Å². The van der Waals surface area contributed by atoms with Crippen molar-refractivity contribution >= 4 is 28.7 Å². The topological polar surface area (TPSA) is 61.8 Å². The lowest BCUT2D eigenvalue weighted by Gasteiger charge is -2.35. The van der Waals surface area contributed by atoms with Gasteiger partial charge in [-0.1, -0.05) is 61.9 Å². The Morgan fingerprint density at radius 1 is 1.27 bits per heavy atom. The highest BCUT2D eigenvalue weighted by molar-refractivity contribution is 8.14. The molecule has 1 aliphatic rings. The van der Waals surface area contributed by atoms with Crippen LogP contribution in [0.5, 0.6) is 0 Å². The van der Waals surface area contributed by atoms with Crippen LogP contribution in [-0.2, 0) is 14.5 Å². The van der Waals surface area contributed by atoms with Crippen molar-refractivity contribution in [1.82, 2.24) is 10.3 Å². The van der Waals surface area contributed by atoms with Crippen molar-refractivity contribution in [3.05, 3.63) is 35.9 Å². The fraction of sp³-hybridized carbons (Fsp3) is 0.438. The summed E-state index contributed by atoms with van der Waals surface area (Å²) in [4.78, 5) is 22.9. The van der Waals surface area contributed by atoms with Gasteiger partial charge in [-0.15, -0.1) is 5.10 Å². The van der Waals surface area contributed by atoms with Crippen LogP contribution in [-0.4, -0.2) is 22.0 Å². The molecule has 1 atom stereocenters. The van der Waals surface area contributed by atoms with Gasteiger partial charge >= 0.3 is 0 Å². The number of benzene rings is 1. The molecule has 6 heteroatoms. The van der Waals surface area contributed by atoms with Crippen molar-refractivity contribution in [3.63, 3.8) is 0 Å². The second-order valence-corrected chi connectivity index (χ2v) is 6.54. The lowest BCUT2D eigenvalue weighted by Crippen LogP contribution is -2.40. The van der Waals surface area contributed by atoms with Gasteiger partial charge in [-0.3, -0.25) is 9.59 Å². The molecule has 0 aliphatic carbocycles. The summed E-state index contributed by atoms with van der Waals surface area (Å²) in [6.07, 6.45) is 2.77. The maximum absolute atomic E-state index is 12.1. The van der Waals surface area contributed by atoms with Crippen LogP contribution in [0.2, 0.25) is 0 Å². The minimum Gasteiger partial charge on any atom is -0.304 e. The molecule has 0 saturated heterocycles. The Kier molecular flexibility index (Phi) is 5.24. The van der Waals surface area contributed by atoms with Crippen molar-refractivity contribution in [2.45, 2.75) is 44.9 Å². The number of amidine groups is 1. The zero-order valence-electron chi connectivity index (χ0n) is 13.1. The first-order valence-corrected chi connectivity index (χ1v) is 8.23. The summed E-state index contributed by atoms with van der Waals surface area (Å²) in [5.74, 6) is -0.318. The zero-order chi connectivity index (χ0) is 16.2. The van der Waals surface area contributed by atoms with Gasteiger partial charge in [-0.05, 0) is 12.0 Å². The van der Waals surface area contributed by atoms with Gasteiger partial charge in [0.2, 0.25) is 11.8 Å². The average molecular weight is 319 g/mol. The molecule has 0 saturated carbocycles. The molecule has 0 unspecified atom stereocenters. The van der Waals surface area contributed by atoms with Crippen LogP contribution in [0.1, 0.15) is 45.6 Å². The predicted molar refractivity (Wildman–Crippen MR) is 89.0 cm³/mol. The quantitative estimate of drug-likeness (QED) is 0.928. The van der Waals surface area contributed by atoms with Gasteiger partial charge in [0.1, 0.15) is 4.87 Å². The first-order chi connectivity index (χ1) is 10.5. The molecular weight excluding hydrogens is 298 g/mol. The Balaban J connectivity index is 2.43. The van der Waals surface area contributed by atoms with Crippen LogP contribution in [0.3, 0.4) is 0 Å². The Bertz CT molecular complexity index is 588. The summed E-state index contributed by atoms with van der Waals surface area (Å²) >= 11 is 1.44. The Morgan fingerprint density at radius 2 is 1.95 bits per heavy atom. The number of nitrogens with one attached hydrogen (secondary N) is 1. The van der Waals surface area contributed by atoms with E-state index in [0.29, 0.717) is 5.17 Å². The lowest BCUT2D eigenvalue weighted by molar-refractivity contribution is -0.132. The third-order valence-electron chi connectivity index (χ3n) is 3.47. The molecule has 1 aromatic carbocycles. The molecule has 1 heterocycles. The van der Waals surface area contributed by atoms with Gasteiger partial charge in [0.05, 0.1) is 0 Å². The molecular formula is C16H21N3O2S. The van der Waals surface area contributed by atoms with Gasteiger partial charge in [0.15, 0.2) is 5.17 Å². The van der Waals surface area contributed by atoms with Crippen LogP contribution in [0.15, 0.2) is 35.4 Å². The average Bonchev–Trinajstić information content (AvgIpc) is 2.85. The molecule has 118 valence electrons. The minimum absolute atomic E-state index is 0.132. The number of carbonyl (C=O) groups is 2. The first-order valence-electron chi connectivity index (χ1n) is 7.41. The van der Waals surface area contributed by atoms with Crippen molar-refractivity contribution in [2.24, 2.45) is 5.10 Å². The highest BCUT2D eigenvalue weighted by Gasteiger charge is 2.47. The molecule has 1 aromatic rings. The highest BCUT2D eigenvalue weighted by atomic mass is 32.2. The molecule has 0 bridgehead atoms. The maximum atomic E-state index is 12.1. The van der Waals surface area contributed by atoms with Gasteiger partial charge in [0, 0.05) is 13.8 Å². The van der Waals surface area contributed by atoms with E-state index < -0.39 is 4.87 Å². The van der Waals surface area contributed by atoms with E-state index in [-0.39, 0.29) is 11.8 Å². The monoisotopic (exact) mass is 319 g/mol. The largest absolute Gasteiger partial charge is 0.304 e. The second kappa shape index (κ2) is 6.96. The lowest BCUT2D eigenvalue weighted by atomic mass is 9.99. The van der Waals surface area contributed by atoms with Gasteiger partial charge < -0.3 is 5.32 Å². The maximum Gasteiger partial charge on any atom is 0.241 e. The Hall–Kier alpha value is -1.82. The standard InChI is InChI=1S/C16H21N3O2S/c1-4-5-11-16(14-9-7-6-8-10-14)19(13(3)21)18-15(22-16)17-12(2)20/h6-10H,4-5,11H2,1-3H3,(H,17,18,20)/t16-/m1/s1. The number of hydrogen-bond acceptors (Lipinski definition) is 4. The molecule has 22 heavy (non-hydrogen) atoms. The Morgan fingerprint density at radius 3 is 2.50 bits per heavy atom. The number of carbonyl (C=O) groups excluding carboxylic acids is 2. The summed E-state index contributed by atoms with van der Waals surface area (Å²) in [7, 11) is 0. The van der Waals surface area contributed by atoms with Crippen LogP contribution >= 0.6 is 11.8 Å². The molecule has 5 nitrogen and oxygen atoms in total. The number of hydrazone groups is 1. The summed E-state index contributed by atoms with van der Waals surface area (Å²) < 4.78 is 0. The minimum atomic E-state index is -0.582. The zero-order valence-corrected chi connectivity index (χ0v) is 13.9. The molecule has 0 spiro atoms. The van der Waals surface area contributed by atoms with Gasteiger partial charge in [-0.2, -0.15) is 0 Å². The van der Waals surface area contributed by atoms with E-state index in [1.807, 2.05) is 30.3 Å². The summed E-state index contributed by atoms with van der Waals surface area (Å²) in [5.41, 5.74) is 1.02. The van der Waals surface area contributed by atoms with Gasteiger partial charge in [0.25, 0.3) is 0 Å². The predicted octanol–water partition coefficient (Wildman–Crippen LogP) is 3.03. The third kappa shape index (κ3) is 3.32. The summed E-state index contributed by atoms with van der Waals surface area (Å²) in [5, 5.41) is 9.03. The number of thioether (sulfide) groups is 1. The SMILES string of the molecule is CCCC[C@]1(c2ccccc2)SC(NC(C)=O)=NN1C(C)=O. The number of hydrogen-bond donors (Lipinski definition) is 1. The third-order valence-corrected chi connectivity index (χ3v) is 4.80. The smallest absolute Gasteiger partial charge is 0.241 e. The van der Waals surface area contributed by atoms with Gasteiger partial charge in [-0.25, -0.2) is 5.01 Å². The van der Waals surface area contributed by atoms with E-state index in [2.05, 4.69) is 17.3 Å².